The van der Waals surface area contributed by atoms with E-state index >= 15 is 0 Å². The topological polar surface area (TPSA) is 74.7 Å². The largest absolute Gasteiger partial charge is 0.325 e. The molecule has 4 rings (SSSR count). The molecule has 0 radical (unpaired) electrons. The summed E-state index contributed by atoms with van der Waals surface area (Å²) in [6.45, 7) is 7.85. The first kappa shape index (κ1) is 22.4. The van der Waals surface area contributed by atoms with Gasteiger partial charge in [-0.25, -0.2) is 0 Å². The summed E-state index contributed by atoms with van der Waals surface area (Å²) in [6, 6.07) is 17.3. The number of benzene rings is 2. The summed E-state index contributed by atoms with van der Waals surface area (Å²) >= 11 is 0. The van der Waals surface area contributed by atoms with Crippen LogP contribution in [-0.4, -0.2) is 22.5 Å². The molecule has 0 fully saturated rings. The Morgan fingerprint density at radius 1 is 1.03 bits per heavy atom. The van der Waals surface area contributed by atoms with Crippen molar-refractivity contribution >= 4 is 28.9 Å². The summed E-state index contributed by atoms with van der Waals surface area (Å²) in [5, 5.41) is 8.66. The maximum Gasteiger partial charge on any atom is 0.265 e. The molecule has 0 saturated heterocycles. The van der Waals surface area contributed by atoms with E-state index in [0.717, 1.165) is 40.8 Å². The van der Waals surface area contributed by atoms with Gasteiger partial charge in [0.1, 0.15) is 0 Å². The Bertz CT molecular complexity index is 1250. The number of nitrogens with zero attached hydrogens (tertiary/aromatic N) is 3. The van der Waals surface area contributed by atoms with Crippen molar-refractivity contribution in [1.29, 1.82) is 0 Å². The number of rotatable bonds is 6. The van der Waals surface area contributed by atoms with E-state index in [1.54, 1.807) is 13.1 Å². The van der Waals surface area contributed by atoms with Crippen molar-refractivity contribution in [1.82, 2.24) is 4.98 Å². The third-order valence-corrected chi connectivity index (χ3v) is 5.86. The fourth-order valence-electron chi connectivity index (χ4n) is 4.12. The molecule has 1 unspecified atom stereocenters. The van der Waals surface area contributed by atoms with Crippen LogP contribution in [0.3, 0.4) is 0 Å². The number of hydrazone groups is 1. The lowest BCUT2D eigenvalue weighted by Gasteiger charge is -2.17. The first-order chi connectivity index (χ1) is 15.9. The van der Waals surface area contributed by atoms with E-state index in [-0.39, 0.29) is 11.8 Å². The SMILES string of the molecule is CCCc1cccc(NC(=O)C2C(=O)N(c3ccc(C)c(-c4ncccc4C)c3)N=C2C)c1. The molecule has 33 heavy (non-hydrogen) atoms. The highest BCUT2D eigenvalue weighted by Crippen LogP contribution is 2.32. The van der Waals surface area contributed by atoms with Crippen LogP contribution < -0.4 is 10.3 Å². The van der Waals surface area contributed by atoms with Crippen molar-refractivity contribution in [3.63, 3.8) is 0 Å². The maximum atomic E-state index is 13.3. The highest BCUT2D eigenvalue weighted by molar-refractivity contribution is 6.28. The highest BCUT2D eigenvalue weighted by atomic mass is 16.2. The third kappa shape index (κ3) is 4.55. The van der Waals surface area contributed by atoms with Crippen LogP contribution >= 0.6 is 0 Å². The molecule has 1 N–H and O–H groups in total. The average molecular weight is 441 g/mol. The molecule has 2 aromatic carbocycles. The molecule has 6 heteroatoms. The molecule has 3 aromatic rings. The van der Waals surface area contributed by atoms with E-state index in [0.29, 0.717) is 17.1 Å². The van der Waals surface area contributed by atoms with Crippen LogP contribution in [0, 0.1) is 19.8 Å². The number of hydrogen-bond donors (Lipinski definition) is 1. The Balaban J connectivity index is 1.58. The van der Waals surface area contributed by atoms with Crippen LogP contribution in [0.1, 0.15) is 37.0 Å². The van der Waals surface area contributed by atoms with Crippen LogP contribution in [0.5, 0.6) is 0 Å². The van der Waals surface area contributed by atoms with E-state index in [4.69, 9.17) is 0 Å². The van der Waals surface area contributed by atoms with Gasteiger partial charge in [-0.1, -0.05) is 37.6 Å². The van der Waals surface area contributed by atoms with Crippen LogP contribution in [0.2, 0.25) is 0 Å². The molecule has 2 amide bonds. The molecule has 2 heterocycles. The average Bonchev–Trinajstić information content (AvgIpc) is 3.09. The summed E-state index contributed by atoms with van der Waals surface area (Å²) in [7, 11) is 0. The van der Waals surface area contributed by atoms with E-state index < -0.39 is 5.92 Å². The van der Waals surface area contributed by atoms with E-state index in [2.05, 4.69) is 22.3 Å². The minimum absolute atomic E-state index is 0.359. The summed E-state index contributed by atoms with van der Waals surface area (Å²) in [6.07, 6.45) is 3.72. The highest BCUT2D eigenvalue weighted by Gasteiger charge is 2.40. The van der Waals surface area contributed by atoms with Crippen molar-refractivity contribution in [2.75, 3.05) is 10.3 Å². The molecule has 1 aromatic heterocycles. The van der Waals surface area contributed by atoms with Crippen molar-refractivity contribution in [3.8, 4) is 11.3 Å². The molecule has 1 atom stereocenters. The number of nitrogens with one attached hydrogen (secondary N) is 1. The number of hydrogen-bond acceptors (Lipinski definition) is 4. The number of aryl methyl sites for hydroxylation is 3. The number of amides is 2. The Morgan fingerprint density at radius 3 is 2.61 bits per heavy atom. The van der Waals surface area contributed by atoms with Crippen LogP contribution in [0.15, 0.2) is 65.9 Å². The number of carbonyl (C=O) groups excluding carboxylic acids is 2. The fourth-order valence-corrected chi connectivity index (χ4v) is 4.12. The molecule has 1 aliphatic rings. The zero-order valence-corrected chi connectivity index (χ0v) is 19.4. The second-order valence-electron chi connectivity index (χ2n) is 8.43. The third-order valence-electron chi connectivity index (χ3n) is 5.86. The van der Waals surface area contributed by atoms with E-state index in [1.165, 1.54) is 5.01 Å². The van der Waals surface area contributed by atoms with E-state index in [9.17, 15) is 9.59 Å². The van der Waals surface area contributed by atoms with Crippen molar-refractivity contribution in [2.45, 2.75) is 40.5 Å². The van der Waals surface area contributed by atoms with Crippen LogP contribution in [0.25, 0.3) is 11.3 Å². The number of pyridine rings is 1. The monoisotopic (exact) mass is 440 g/mol. The predicted octanol–water partition coefficient (Wildman–Crippen LogP) is 5.30. The fraction of sp³-hybridized carbons (Fsp3) is 0.259. The summed E-state index contributed by atoms with van der Waals surface area (Å²) < 4.78 is 0. The number of carbonyl (C=O) groups is 2. The Labute approximate surface area is 194 Å². The molecular formula is C27H28N4O2. The van der Waals surface area contributed by atoms with Gasteiger partial charge in [-0.05, 0) is 74.2 Å². The van der Waals surface area contributed by atoms with Crippen molar-refractivity contribution < 1.29 is 9.59 Å². The van der Waals surface area contributed by atoms with Gasteiger partial charge in [0.25, 0.3) is 5.91 Å². The second-order valence-corrected chi connectivity index (χ2v) is 8.43. The van der Waals surface area contributed by atoms with Gasteiger partial charge in [0.2, 0.25) is 5.91 Å². The number of anilines is 2. The van der Waals surface area contributed by atoms with Gasteiger partial charge in [0.05, 0.1) is 17.1 Å². The summed E-state index contributed by atoms with van der Waals surface area (Å²) in [4.78, 5) is 30.8. The van der Waals surface area contributed by atoms with Gasteiger partial charge < -0.3 is 5.32 Å². The molecule has 168 valence electrons. The molecule has 0 aliphatic carbocycles. The molecular weight excluding hydrogens is 412 g/mol. The van der Waals surface area contributed by atoms with Gasteiger partial charge in [-0.15, -0.1) is 0 Å². The summed E-state index contributed by atoms with van der Waals surface area (Å²) in [5.41, 5.74) is 6.83. The normalized spacial score (nSPS) is 15.5. The first-order valence-corrected chi connectivity index (χ1v) is 11.2. The second kappa shape index (κ2) is 9.36. The lowest BCUT2D eigenvalue weighted by molar-refractivity contribution is -0.127. The molecule has 1 aliphatic heterocycles. The lowest BCUT2D eigenvalue weighted by atomic mass is 10.00. The molecule has 6 nitrogen and oxygen atoms in total. The standard InChI is InChI=1S/C27H28N4O2/c1-5-8-20-10-6-11-21(15-20)29-26(32)24-19(4)30-31(27(24)33)22-13-12-17(2)23(16-22)25-18(3)9-7-14-28-25/h6-7,9-16,24H,5,8H2,1-4H3,(H,29,32). The van der Waals surface area contributed by atoms with Gasteiger partial charge in [0.15, 0.2) is 5.92 Å². The predicted molar refractivity (Wildman–Crippen MR) is 132 cm³/mol. The zero-order valence-electron chi connectivity index (χ0n) is 19.4. The van der Waals surface area contributed by atoms with Crippen LogP contribution in [-0.2, 0) is 16.0 Å². The molecule has 0 bridgehead atoms. The van der Waals surface area contributed by atoms with E-state index in [1.807, 2.05) is 68.4 Å². The first-order valence-electron chi connectivity index (χ1n) is 11.2. The molecule has 0 spiro atoms. The number of aromatic nitrogens is 1. The van der Waals surface area contributed by atoms with Crippen molar-refractivity contribution in [3.05, 3.63) is 77.5 Å². The van der Waals surface area contributed by atoms with Crippen LogP contribution in [0.4, 0.5) is 11.4 Å². The van der Waals surface area contributed by atoms with Gasteiger partial charge in [0, 0.05) is 17.4 Å². The van der Waals surface area contributed by atoms with Crippen molar-refractivity contribution in [2.24, 2.45) is 11.0 Å². The Morgan fingerprint density at radius 2 is 1.85 bits per heavy atom. The molecule has 0 saturated carbocycles. The zero-order chi connectivity index (χ0) is 23.5. The van der Waals surface area contributed by atoms with Gasteiger partial charge >= 0.3 is 0 Å². The lowest BCUT2D eigenvalue weighted by Crippen LogP contribution is -2.36. The summed E-state index contributed by atoms with van der Waals surface area (Å²) in [5.74, 6) is -1.69. The Hall–Kier alpha value is -3.80. The quantitative estimate of drug-likeness (QED) is 0.529. The minimum Gasteiger partial charge on any atom is -0.325 e. The minimum atomic E-state index is -0.957. The maximum absolute atomic E-state index is 13.3. The Kier molecular flexibility index (Phi) is 6.36. The van der Waals surface area contributed by atoms with Gasteiger partial charge in [-0.2, -0.15) is 10.1 Å². The van der Waals surface area contributed by atoms with Gasteiger partial charge in [-0.3, -0.25) is 14.6 Å². The smallest absolute Gasteiger partial charge is 0.265 e.